The molecule has 1 saturated heterocycles. The highest BCUT2D eigenvalue weighted by Crippen LogP contribution is 2.15. The van der Waals surface area contributed by atoms with Gasteiger partial charge >= 0.3 is 0 Å². The zero-order valence-electron chi connectivity index (χ0n) is 8.25. The van der Waals surface area contributed by atoms with Crippen LogP contribution in [-0.2, 0) is 9.47 Å². The largest absolute Gasteiger partial charge is 0.491 e. The number of allylic oxidation sites excluding steroid dienone is 4. The summed E-state index contributed by atoms with van der Waals surface area (Å²) in [5.41, 5.74) is 1.10. The molecule has 1 rings (SSSR count). The molecule has 1 aliphatic heterocycles. The van der Waals surface area contributed by atoms with E-state index in [2.05, 4.69) is 6.58 Å². The Morgan fingerprint density at radius 1 is 1.69 bits per heavy atom. The molecule has 0 aromatic heterocycles. The Labute approximate surface area is 79.5 Å². The van der Waals surface area contributed by atoms with Gasteiger partial charge in [-0.25, -0.2) is 0 Å². The van der Waals surface area contributed by atoms with Crippen molar-refractivity contribution in [3.63, 3.8) is 0 Å². The van der Waals surface area contributed by atoms with E-state index >= 15 is 0 Å². The van der Waals surface area contributed by atoms with Crippen LogP contribution in [-0.4, -0.2) is 19.3 Å². The molecule has 0 bridgehead atoms. The number of epoxide rings is 1. The van der Waals surface area contributed by atoms with Gasteiger partial charge in [0.1, 0.15) is 18.5 Å². The monoisotopic (exact) mass is 180 g/mol. The van der Waals surface area contributed by atoms with Crippen molar-refractivity contribution in [3.8, 4) is 0 Å². The van der Waals surface area contributed by atoms with Crippen molar-refractivity contribution in [2.45, 2.75) is 20.0 Å². The minimum Gasteiger partial charge on any atom is -0.491 e. The van der Waals surface area contributed by atoms with Crippen LogP contribution in [0.3, 0.4) is 0 Å². The average Bonchev–Trinajstić information content (AvgIpc) is 2.89. The maximum absolute atomic E-state index is 5.55. The zero-order valence-corrected chi connectivity index (χ0v) is 8.25. The van der Waals surface area contributed by atoms with E-state index < -0.39 is 0 Å². The van der Waals surface area contributed by atoms with Gasteiger partial charge in [0.15, 0.2) is 0 Å². The predicted molar refractivity (Wildman–Crippen MR) is 53.4 cm³/mol. The number of ether oxygens (including phenoxy) is 2. The summed E-state index contributed by atoms with van der Waals surface area (Å²) in [6.07, 6.45) is 5.96. The lowest BCUT2D eigenvalue weighted by atomic mass is 10.2. The molecule has 0 amide bonds. The van der Waals surface area contributed by atoms with E-state index in [-0.39, 0.29) is 0 Å². The summed E-state index contributed by atoms with van der Waals surface area (Å²) in [7, 11) is 0. The van der Waals surface area contributed by atoms with Gasteiger partial charge in [-0.2, -0.15) is 0 Å². The molecular formula is C11H16O2. The quantitative estimate of drug-likeness (QED) is 0.368. The van der Waals surface area contributed by atoms with Gasteiger partial charge < -0.3 is 9.47 Å². The predicted octanol–water partition coefficient (Wildman–Crippen LogP) is 2.44. The maximum atomic E-state index is 5.55. The molecule has 0 aromatic rings. The van der Waals surface area contributed by atoms with Crippen LogP contribution in [0, 0.1) is 0 Å². The van der Waals surface area contributed by atoms with Crippen molar-refractivity contribution in [2.75, 3.05) is 13.2 Å². The fourth-order valence-electron chi connectivity index (χ4n) is 1.03. The van der Waals surface area contributed by atoms with Crippen LogP contribution >= 0.6 is 0 Å². The topological polar surface area (TPSA) is 21.8 Å². The first-order valence-electron chi connectivity index (χ1n) is 4.48. The van der Waals surface area contributed by atoms with Crippen molar-refractivity contribution in [1.82, 2.24) is 0 Å². The Kier molecular flexibility index (Phi) is 3.77. The summed E-state index contributed by atoms with van der Waals surface area (Å²) in [6.45, 7) is 9.10. The number of rotatable bonds is 5. The van der Waals surface area contributed by atoms with Crippen molar-refractivity contribution in [3.05, 3.63) is 36.1 Å². The zero-order chi connectivity index (χ0) is 9.68. The first kappa shape index (κ1) is 10.1. The molecule has 1 aliphatic rings. The molecule has 1 atom stereocenters. The molecule has 13 heavy (non-hydrogen) atoms. The van der Waals surface area contributed by atoms with Crippen LogP contribution in [0.4, 0.5) is 0 Å². The Morgan fingerprint density at radius 2 is 2.38 bits per heavy atom. The molecule has 1 heterocycles. The molecule has 0 spiro atoms. The molecule has 2 nitrogen and oxygen atoms in total. The van der Waals surface area contributed by atoms with Crippen LogP contribution in [0.15, 0.2) is 36.1 Å². The van der Waals surface area contributed by atoms with E-state index in [1.165, 1.54) is 0 Å². The summed E-state index contributed by atoms with van der Waals surface area (Å²) >= 11 is 0. The first-order chi connectivity index (χ1) is 6.27. The smallest absolute Gasteiger partial charge is 0.118 e. The summed E-state index contributed by atoms with van der Waals surface area (Å²) in [6, 6.07) is 0. The Balaban J connectivity index is 2.41. The van der Waals surface area contributed by atoms with Crippen LogP contribution in [0.2, 0.25) is 0 Å². The molecule has 72 valence electrons. The Morgan fingerprint density at radius 3 is 2.85 bits per heavy atom. The standard InChI is InChI=1S/C11H16O2/c1-4-6-9(3)11(5-2)13-8-10-7-12-10/h4-6,10H,1,7-8H2,2-3H3/b9-6-,11-5+. The average molecular weight is 180 g/mol. The van der Waals surface area contributed by atoms with E-state index in [1.54, 1.807) is 6.08 Å². The van der Waals surface area contributed by atoms with E-state index in [0.29, 0.717) is 12.7 Å². The molecule has 0 aromatic carbocycles. The summed E-state index contributed by atoms with van der Waals surface area (Å²) in [4.78, 5) is 0. The minimum atomic E-state index is 0.312. The van der Waals surface area contributed by atoms with Gasteiger partial charge in [0.25, 0.3) is 0 Å². The van der Waals surface area contributed by atoms with E-state index in [0.717, 1.165) is 17.9 Å². The van der Waals surface area contributed by atoms with Crippen LogP contribution < -0.4 is 0 Å². The lowest BCUT2D eigenvalue weighted by molar-refractivity contribution is 0.189. The van der Waals surface area contributed by atoms with Gasteiger partial charge in [-0.1, -0.05) is 18.7 Å². The van der Waals surface area contributed by atoms with E-state index in [9.17, 15) is 0 Å². The number of hydrogen-bond donors (Lipinski definition) is 0. The Hall–Kier alpha value is -1.02. The summed E-state index contributed by atoms with van der Waals surface area (Å²) in [5, 5.41) is 0. The van der Waals surface area contributed by atoms with E-state index in [4.69, 9.17) is 9.47 Å². The SMILES string of the molecule is C=C/C=C(C)\C(=C/C)OCC1CO1. The van der Waals surface area contributed by atoms with Gasteiger partial charge in [0, 0.05) is 0 Å². The highest BCUT2D eigenvalue weighted by molar-refractivity contribution is 5.26. The van der Waals surface area contributed by atoms with Crippen molar-refractivity contribution in [1.29, 1.82) is 0 Å². The van der Waals surface area contributed by atoms with Crippen LogP contribution in [0.5, 0.6) is 0 Å². The third-order valence-corrected chi connectivity index (χ3v) is 1.85. The van der Waals surface area contributed by atoms with Crippen molar-refractivity contribution < 1.29 is 9.47 Å². The highest BCUT2D eigenvalue weighted by Gasteiger charge is 2.23. The van der Waals surface area contributed by atoms with E-state index in [1.807, 2.05) is 26.0 Å². The van der Waals surface area contributed by atoms with Gasteiger partial charge in [0.2, 0.25) is 0 Å². The highest BCUT2D eigenvalue weighted by atomic mass is 16.6. The van der Waals surface area contributed by atoms with Crippen molar-refractivity contribution in [2.24, 2.45) is 0 Å². The molecule has 0 N–H and O–H groups in total. The molecular weight excluding hydrogens is 164 g/mol. The molecule has 0 aliphatic carbocycles. The van der Waals surface area contributed by atoms with Gasteiger partial charge in [0.05, 0.1) is 6.61 Å². The molecule has 0 saturated carbocycles. The molecule has 2 heteroatoms. The first-order valence-corrected chi connectivity index (χ1v) is 4.48. The molecule has 0 radical (unpaired) electrons. The maximum Gasteiger partial charge on any atom is 0.118 e. The second-order valence-corrected chi connectivity index (χ2v) is 3.00. The van der Waals surface area contributed by atoms with Gasteiger partial charge in [-0.05, 0) is 25.5 Å². The third kappa shape index (κ3) is 3.47. The van der Waals surface area contributed by atoms with Crippen LogP contribution in [0.25, 0.3) is 0 Å². The van der Waals surface area contributed by atoms with Gasteiger partial charge in [-0.3, -0.25) is 0 Å². The molecule has 1 unspecified atom stereocenters. The third-order valence-electron chi connectivity index (χ3n) is 1.85. The Bertz CT molecular complexity index is 234. The fraction of sp³-hybridized carbons (Fsp3) is 0.455. The summed E-state index contributed by atoms with van der Waals surface area (Å²) in [5.74, 6) is 0.912. The van der Waals surface area contributed by atoms with Crippen molar-refractivity contribution >= 4 is 0 Å². The lowest BCUT2D eigenvalue weighted by Gasteiger charge is -2.08. The molecule has 1 fully saturated rings. The normalized spacial score (nSPS) is 22.8. The lowest BCUT2D eigenvalue weighted by Crippen LogP contribution is -2.02. The second-order valence-electron chi connectivity index (χ2n) is 3.00. The van der Waals surface area contributed by atoms with Crippen LogP contribution in [0.1, 0.15) is 13.8 Å². The van der Waals surface area contributed by atoms with Gasteiger partial charge in [-0.15, -0.1) is 0 Å². The minimum absolute atomic E-state index is 0.312. The number of hydrogen-bond acceptors (Lipinski definition) is 2. The summed E-state index contributed by atoms with van der Waals surface area (Å²) < 4.78 is 10.6. The second kappa shape index (κ2) is 4.87. The fourth-order valence-corrected chi connectivity index (χ4v) is 1.03.